The van der Waals surface area contributed by atoms with Crippen LogP contribution in [0.2, 0.25) is 0 Å². The van der Waals surface area contributed by atoms with Crippen molar-refractivity contribution in [2.45, 2.75) is 51.6 Å². The van der Waals surface area contributed by atoms with E-state index in [1.807, 2.05) is 6.92 Å². The predicted octanol–water partition coefficient (Wildman–Crippen LogP) is 1.35. The zero-order valence-corrected chi connectivity index (χ0v) is 9.50. The largest absolute Gasteiger partial charge is 0.368 e. The molecule has 15 heavy (non-hydrogen) atoms. The molecule has 1 amide bonds. The molecule has 0 aromatic rings. The molecule has 4 nitrogen and oxygen atoms in total. The number of hydrogen-bond donors (Lipinski definition) is 2. The van der Waals surface area contributed by atoms with Gasteiger partial charge >= 0.3 is 0 Å². The van der Waals surface area contributed by atoms with Crippen LogP contribution in [-0.4, -0.2) is 18.6 Å². The van der Waals surface area contributed by atoms with Crippen LogP contribution in [0.15, 0.2) is 0 Å². The molecule has 1 rings (SSSR count). The Balaban J connectivity index is 2.14. The molecule has 0 bridgehead atoms. The number of rotatable bonds is 7. The van der Waals surface area contributed by atoms with Crippen molar-refractivity contribution >= 4 is 5.91 Å². The van der Waals surface area contributed by atoms with Crippen LogP contribution in [0.5, 0.6) is 0 Å². The van der Waals surface area contributed by atoms with Crippen molar-refractivity contribution < 1.29 is 9.53 Å². The second kappa shape index (κ2) is 6.80. The van der Waals surface area contributed by atoms with Crippen LogP contribution in [0.4, 0.5) is 0 Å². The quantitative estimate of drug-likeness (QED) is 0.382. The summed E-state index contributed by atoms with van der Waals surface area (Å²) >= 11 is 0. The average Bonchev–Trinajstić information content (AvgIpc) is 2.19. The predicted molar refractivity (Wildman–Crippen MR) is 58.9 cm³/mol. The summed E-state index contributed by atoms with van der Waals surface area (Å²) in [4.78, 5) is 11.3. The maximum atomic E-state index is 11.3. The SMILES string of the molecule is CCCC(OCCC1CCC1)C(=O)NN. The monoisotopic (exact) mass is 214 g/mol. The molecule has 1 atom stereocenters. The molecule has 1 fully saturated rings. The van der Waals surface area contributed by atoms with Gasteiger partial charge in [0.2, 0.25) is 0 Å². The van der Waals surface area contributed by atoms with E-state index in [0.29, 0.717) is 6.61 Å². The number of carbonyl (C=O) groups excluding carboxylic acids is 1. The Bertz CT molecular complexity index is 193. The fourth-order valence-electron chi connectivity index (χ4n) is 1.80. The Hall–Kier alpha value is -0.610. The maximum absolute atomic E-state index is 11.3. The summed E-state index contributed by atoms with van der Waals surface area (Å²) in [6, 6.07) is 0. The molecule has 3 N–H and O–H groups in total. The first-order valence-electron chi connectivity index (χ1n) is 5.90. The highest BCUT2D eigenvalue weighted by Crippen LogP contribution is 2.29. The van der Waals surface area contributed by atoms with Crippen molar-refractivity contribution in [1.82, 2.24) is 5.43 Å². The van der Waals surface area contributed by atoms with E-state index in [0.717, 1.165) is 25.2 Å². The molecule has 4 heteroatoms. The number of hydrogen-bond acceptors (Lipinski definition) is 3. The Morgan fingerprint density at radius 3 is 2.80 bits per heavy atom. The summed E-state index contributed by atoms with van der Waals surface area (Å²) in [5.41, 5.74) is 2.15. The molecule has 0 aromatic heterocycles. The molecule has 0 saturated heterocycles. The number of nitrogens with one attached hydrogen (secondary N) is 1. The Morgan fingerprint density at radius 1 is 1.60 bits per heavy atom. The van der Waals surface area contributed by atoms with E-state index in [-0.39, 0.29) is 12.0 Å². The van der Waals surface area contributed by atoms with Gasteiger partial charge in [-0.25, -0.2) is 5.84 Å². The minimum atomic E-state index is -0.361. The van der Waals surface area contributed by atoms with Gasteiger partial charge in [0, 0.05) is 6.61 Å². The van der Waals surface area contributed by atoms with Crippen LogP contribution in [0.3, 0.4) is 0 Å². The molecule has 1 unspecified atom stereocenters. The molecule has 1 aliphatic rings. The van der Waals surface area contributed by atoms with Crippen LogP contribution >= 0.6 is 0 Å². The minimum absolute atomic E-state index is 0.203. The lowest BCUT2D eigenvalue weighted by Gasteiger charge is -2.26. The molecule has 0 radical (unpaired) electrons. The summed E-state index contributed by atoms with van der Waals surface area (Å²) in [6.45, 7) is 2.72. The van der Waals surface area contributed by atoms with Crippen LogP contribution in [0.25, 0.3) is 0 Å². The van der Waals surface area contributed by atoms with Gasteiger partial charge < -0.3 is 4.74 Å². The van der Waals surface area contributed by atoms with E-state index in [1.165, 1.54) is 19.3 Å². The first kappa shape index (κ1) is 12.5. The van der Waals surface area contributed by atoms with E-state index >= 15 is 0 Å². The third kappa shape index (κ3) is 4.18. The Morgan fingerprint density at radius 2 is 2.33 bits per heavy atom. The van der Waals surface area contributed by atoms with Gasteiger partial charge in [0.25, 0.3) is 5.91 Å². The smallest absolute Gasteiger partial charge is 0.262 e. The molecule has 1 aliphatic carbocycles. The van der Waals surface area contributed by atoms with Crippen molar-refractivity contribution in [3.63, 3.8) is 0 Å². The van der Waals surface area contributed by atoms with Gasteiger partial charge in [-0.2, -0.15) is 0 Å². The average molecular weight is 214 g/mol. The van der Waals surface area contributed by atoms with Crippen molar-refractivity contribution in [1.29, 1.82) is 0 Å². The first-order chi connectivity index (χ1) is 7.27. The third-order valence-corrected chi connectivity index (χ3v) is 3.06. The van der Waals surface area contributed by atoms with Crippen molar-refractivity contribution in [3.05, 3.63) is 0 Å². The van der Waals surface area contributed by atoms with Gasteiger partial charge in [0.05, 0.1) is 0 Å². The number of ether oxygens (including phenoxy) is 1. The van der Waals surface area contributed by atoms with E-state index in [4.69, 9.17) is 10.6 Å². The van der Waals surface area contributed by atoms with Gasteiger partial charge in [0.15, 0.2) is 0 Å². The summed E-state index contributed by atoms with van der Waals surface area (Å²) in [6.07, 6.45) is 6.40. The lowest BCUT2D eigenvalue weighted by atomic mass is 9.83. The number of carbonyl (C=O) groups is 1. The highest BCUT2D eigenvalue weighted by atomic mass is 16.5. The molecule has 1 saturated carbocycles. The highest BCUT2D eigenvalue weighted by molar-refractivity contribution is 5.80. The van der Waals surface area contributed by atoms with E-state index < -0.39 is 0 Å². The van der Waals surface area contributed by atoms with E-state index in [2.05, 4.69) is 5.43 Å². The number of amides is 1. The topological polar surface area (TPSA) is 64.3 Å². The molecule has 0 aliphatic heterocycles. The summed E-state index contributed by atoms with van der Waals surface area (Å²) in [7, 11) is 0. The number of hydrazine groups is 1. The van der Waals surface area contributed by atoms with Gasteiger partial charge in [-0.1, -0.05) is 32.6 Å². The Labute approximate surface area is 91.5 Å². The second-order valence-electron chi connectivity index (χ2n) is 4.24. The molecule has 0 aromatic carbocycles. The molecule has 0 spiro atoms. The van der Waals surface area contributed by atoms with Crippen molar-refractivity contribution in [3.8, 4) is 0 Å². The highest BCUT2D eigenvalue weighted by Gasteiger charge is 2.20. The fourth-order valence-corrected chi connectivity index (χ4v) is 1.80. The fraction of sp³-hybridized carbons (Fsp3) is 0.909. The van der Waals surface area contributed by atoms with Crippen molar-refractivity contribution in [2.24, 2.45) is 11.8 Å². The number of nitrogens with two attached hydrogens (primary N) is 1. The van der Waals surface area contributed by atoms with Gasteiger partial charge in [0.1, 0.15) is 6.10 Å². The normalized spacial score (nSPS) is 18.3. The standard InChI is InChI=1S/C11H22N2O2/c1-2-4-10(11(14)13-12)15-8-7-9-5-3-6-9/h9-10H,2-8,12H2,1H3,(H,13,14). The van der Waals surface area contributed by atoms with Crippen LogP contribution in [0, 0.1) is 5.92 Å². The van der Waals surface area contributed by atoms with E-state index in [1.54, 1.807) is 0 Å². The first-order valence-corrected chi connectivity index (χ1v) is 5.90. The minimum Gasteiger partial charge on any atom is -0.368 e. The van der Waals surface area contributed by atoms with E-state index in [9.17, 15) is 4.79 Å². The lowest BCUT2D eigenvalue weighted by Crippen LogP contribution is -2.40. The lowest BCUT2D eigenvalue weighted by molar-refractivity contribution is -0.133. The zero-order chi connectivity index (χ0) is 11.1. The van der Waals surface area contributed by atoms with Crippen LogP contribution < -0.4 is 11.3 Å². The van der Waals surface area contributed by atoms with Gasteiger partial charge in [-0.15, -0.1) is 0 Å². The molecular weight excluding hydrogens is 192 g/mol. The Kier molecular flexibility index (Phi) is 5.65. The summed E-state index contributed by atoms with van der Waals surface area (Å²) in [5, 5.41) is 0. The van der Waals surface area contributed by atoms with Crippen molar-refractivity contribution in [2.75, 3.05) is 6.61 Å². The van der Waals surface area contributed by atoms with Crippen LogP contribution in [0.1, 0.15) is 45.4 Å². The molecule has 88 valence electrons. The third-order valence-electron chi connectivity index (χ3n) is 3.06. The molecular formula is C11H22N2O2. The maximum Gasteiger partial charge on any atom is 0.262 e. The zero-order valence-electron chi connectivity index (χ0n) is 9.50. The summed E-state index contributed by atoms with van der Waals surface area (Å²) in [5.74, 6) is 5.72. The molecule has 0 heterocycles. The second-order valence-corrected chi connectivity index (χ2v) is 4.24. The van der Waals surface area contributed by atoms with Crippen LogP contribution in [-0.2, 0) is 9.53 Å². The summed E-state index contributed by atoms with van der Waals surface area (Å²) < 4.78 is 5.55. The van der Waals surface area contributed by atoms with Gasteiger partial charge in [-0.05, 0) is 18.8 Å². The van der Waals surface area contributed by atoms with Gasteiger partial charge in [-0.3, -0.25) is 10.2 Å².